The van der Waals surface area contributed by atoms with E-state index in [1.807, 2.05) is 18.4 Å². The van der Waals surface area contributed by atoms with Gasteiger partial charge in [0.25, 0.3) is 0 Å². The molecular formula is C9H11NO3S. The van der Waals surface area contributed by atoms with Gasteiger partial charge in [0.2, 0.25) is 5.91 Å². The lowest BCUT2D eigenvalue weighted by Crippen LogP contribution is -2.16. The Morgan fingerprint density at radius 1 is 1.57 bits per heavy atom. The average Bonchev–Trinajstić information content (AvgIpc) is 2.51. The van der Waals surface area contributed by atoms with E-state index in [4.69, 9.17) is 0 Å². The maximum absolute atomic E-state index is 11.2. The number of aryl methyl sites for hydroxylation is 1. The normalized spacial score (nSPS) is 9.57. The summed E-state index contributed by atoms with van der Waals surface area (Å²) in [7, 11) is 1.26. The minimum Gasteiger partial charge on any atom is -0.469 e. The Bertz CT molecular complexity index is 346. The Morgan fingerprint density at radius 3 is 2.79 bits per heavy atom. The van der Waals surface area contributed by atoms with Gasteiger partial charge in [-0.05, 0) is 23.9 Å². The second kappa shape index (κ2) is 4.76. The first-order chi connectivity index (χ1) is 6.63. The van der Waals surface area contributed by atoms with Crippen LogP contribution in [-0.2, 0) is 14.3 Å². The second-order valence-corrected chi connectivity index (χ2v) is 3.65. The lowest BCUT2D eigenvalue weighted by Gasteiger charge is -2.02. The fourth-order valence-electron chi connectivity index (χ4n) is 0.875. The summed E-state index contributed by atoms with van der Waals surface area (Å²) in [6.45, 7) is 1.89. The van der Waals surface area contributed by atoms with Gasteiger partial charge in [-0.15, -0.1) is 11.3 Å². The maximum atomic E-state index is 11.2. The monoisotopic (exact) mass is 213 g/mol. The van der Waals surface area contributed by atoms with Crippen molar-refractivity contribution in [2.75, 3.05) is 12.4 Å². The Labute approximate surface area is 85.9 Å². The van der Waals surface area contributed by atoms with Crippen molar-refractivity contribution in [3.05, 3.63) is 17.0 Å². The molecule has 1 N–H and O–H groups in total. The molecule has 14 heavy (non-hydrogen) atoms. The van der Waals surface area contributed by atoms with E-state index in [2.05, 4.69) is 10.1 Å². The molecule has 0 aliphatic heterocycles. The average molecular weight is 213 g/mol. The highest BCUT2D eigenvalue weighted by Gasteiger charge is 2.10. The van der Waals surface area contributed by atoms with E-state index in [0.29, 0.717) is 0 Å². The van der Waals surface area contributed by atoms with Gasteiger partial charge in [-0.2, -0.15) is 0 Å². The molecule has 0 radical (unpaired) electrons. The van der Waals surface area contributed by atoms with Crippen molar-refractivity contribution in [1.29, 1.82) is 0 Å². The van der Waals surface area contributed by atoms with Crippen LogP contribution in [-0.4, -0.2) is 19.0 Å². The first-order valence-electron chi connectivity index (χ1n) is 4.04. The van der Waals surface area contributed by atoms with E-state index in [1.165, 1.54) is 18.4 Å². The molecule has 1 rings (SSSR count). The Balaban J connectivity index is 2.50. The quantitative estimate of drug-likeness (QED) is 0.612. The number of carbonyl (C=O) groups is 2. The van der Waals surface area contributed by atoms with Gasteiger partial charge in [0, 0.05) is 0 Å². The Hall–Kier alpha value is -1.36. The molecule has 0 fully saturated rings. The van der Waals surface area contributed by atoms with Crippen LogP contribution in [0.15, 0.2) is 11.4 Å². The van der Waals surface area contributed by atoms with Gasteiger partial charge in [0.15, 0.2) is 0 Å². The largest absolute Gasteiger partial charge is 0.469 e. The zero-order valence-corrected chi connectivity index (χ0v) is 8.81. The van der Waals surface area contributed by atoms with Crippen LogP contribution in [0.5, 0.6) is 0 Å². The second-order valence-electron chi connectivity index (χ2n) is 2.73. The molecule has 0 atom stereocenters. The number of carbonyl (C=O) groups excluding carboxylic acids is 2. The van der Waals surface area contributed by atoms with Crippen LogP contribution in [0, 0.1) is 6.92 Å². The summed E-state index contributed by atoms with van der Waals surface area (Å²) in [4.78, 5) is 22.0. The Morgan fingerprint density at radius 2 is 2.29 bits per heavy atom. The number of hydrogen-bond acceptors (Lipinski definition) is 4. The predicted molar refractivity (Wildman–Crippen MR) is 54.3 cm³/mol. The molecule has 5 heteroatoms. The Kier molecular flexibility index (Phi) is 3.64. The zero-order chi connectivity index (χ0) is 10.6. The van der Waals surface area contributed by atoms with E-state index in [-0.39, 0.29) is 12.3 Å². The summed E-state index contributed by atoms with van der Waals surface area (Å²) >= 11 is 1.43. The first-order valence-corrected chi connectivity index (χ1v) is 4.92. The molecule has 1 amide bonds. The molecule has 0 saturated heterocycles. The van der Waals surface area contributed by atoms with Crippen molar-refractivity contribution >= 4 is 28.2 Å². The summed E-state index contributed by atoms with van der Waals surface area (Å²) in [5, 5.41) is 5.29. The van der Waals surface area contributed by atoms with Crippen LogP contribution in [0.1, 0.15) is 12.0 Å². The van der Waals surface area contributed by atoms with Crippen molar-refractivity contribution in [2.24, 2.45) is 0 Å². The highest BCUT2D eigenvalue weighted by Crippen LogP contribution is 2.21. The first kappa shape index (κ1) is 10.7. The number of nitrogens with one attached hydrogen (secondary N) is 1. The molecule has 0 spiro atoms. The van der Waals surface area contributed by atoms with Crippen LogP contribution in [0.25, 0.3) is 0 Å². The van der Waals surface area contributed by atoms with Gasteiger partial charge in [0.1, 0.15) is 6.42 Å². The minimum absolute atomic E-state index is 0.242. The topological polar surface area (TPSA) is 55.4 Å². The molecule has 1 heterocycles. The number of anilines is 1. The highest BCUT2D eigenvalue weighted by atomic mass is 32.1. The molecule has 76 valence electrons. The third-order valence-electron chi connectivity index (χ3n) is 1.65. The van der Waals surface area contributed by atoms with Crippen molar-refractivity contribution in [1.82, 2.24) is 0 Å². The fraction of sp³-hybridized carbons (Fsp3) is 0.333. The summed E-state index contributed by atoms with van der Waals surface area (Å²) in [6.07, 6.45) is -0.242. The number of methoxy groups -OCH3 is 1. The molecule has 4 nitrogen and oxygen atoms in total. The number of amides is 1. The van der Waals surface area contributed by atoms with Crippen molar-refractivity contribution < 1.29 is 14.3 Å². The van der Waals surface area contributed by atoms with Crippen LogP contribution >= 0.6 is 11.3 Å². The molecule has 0 aliphatic carbocycles. The predicted octanol–water partition coefficient (Wildman–Crippen LogP) is 1.56. The van der Waals surface area contributed by atoms with E-state index in [1.54, 1.807) is 0 Å². The molecular weight excluding hydrogens is 202 g/mol. The maximum Gasteiger partial charge on any atom is 0.315 e. The van der Waals surface area contributed by atoms with Crippen molar-refractivity contribution in [3.8, 4) is 0 Å². The zero-order valence-electron chi connectivity index (χ0n) is 7.99. The van der Waals surface area contributed by atoms with Gasteiger partial charge in [-0.1, -0.05) is 0 Å². The SMILES string of the molecule is COC(=O)CC(=O)Nc1sccc1C. The number of ether oxygens (including phenoxy) is 1. The smallest absolute Gasteiger partial charge is 0.315 e. The summed E-state index contributed by atoms with van der Waals surface area (Å²) < 4.78 is 4.37. The molecule has 0 aromatic carbocycles. The van der Waals surface area contributed by atoms with Gasteiger partial charge in [-0.25, -0.2) is 0 Å². The molecule has 0 saturated carbocycles. The van der Waals surface area contributed by atoms with Crippen LogP contribution < -0.4 is 5.32 Å². The standard InChI is InChI=1S/C9H11NO3S/c1-6-3-4-14-9(6)10-7(11)5-8(12)13-2/h3-4H,5H2,1-2H3,(H,10,11). The lowest BCUT2D eigenvalue weighted by molar-refractivity contribution is -0.142. The summed E-state index contributed by atoms with van der Waals surface area (Å²) in [6, 6.07) is 1.90. The molecule has 1 aromatic rings. The third kappa shape index (κ3) is 2.85. The van der Waals surface area contributed by atoms with E-state index >= 15 is 0 Å². The van der Waals surface area contributed by atoms with Crippen LogP contribution in [0.3, 0.4) is 0 Å². The summed E-state index contributed by atoms with van der Waals surface area (Å²) in [5.74, 6) is -0.876. The highest BCUT2D eigenvalue weighted by molar-refractivity contribution is 7.14. The number of thiophene rings is 1. The van der Waals surface area contributed by atoms with Gasteiger partial charge in [0.05, 0.1) is 12.1 Å². The van der Waals surface area contributed by atoms with E-state index in [0.717, 1.165) is 10.6 Å². The van der Waals surface area contributed by atoms with Gasteiger partial charge >= 0.3 is 5.97 Å². The van der Waals surface area contributed by atoms with E-state index in [9.17, 15) is 9.59 Å². The molecule has 1 aromatic heterocycles. The summed E-state index contributed by atoms with van der Waals surface area (Å²) in [5.41, 5.74) is 0.994. The lowest BCUT2D eigenvalue weighted by atomic mass is 10.3. The van der Waals surface area contributed by atoms with Gasteiger partial charge in [-0.3, -0.25) is 9.59 Å². The van der Waals surface area contributed by atoms with Crippen molar-refractivity contribution in [3.63, 3.8) is 0 Å². The minimum atomic E-state index is -0.531. The van der Waals surface area contributed by atoms with Crippen molar-refractivity contribution in [2.45, 2.75) is 13.3 Å². The molecule has 0 aliphatic rings. The number of esters is 1. The molecule has 0 unspecified atom stereocenters. The number of hydrogen-bond donors (Lipinski definition) is 1. The number of rotatable bonds is 3. The third-order valence-corrected chi connectivity index (χ3v) is 2.58. The van der Waals surface area contributed by atoms with Gasteiger partial charge < -0.3 is 10.1 Å². The van der Waals surface area contributed by atoms with Crippen LogP contribution in [0.4, 0.5) is 5.00 Å². The molecule has 0 bridgehead atoms. The fourth-order valence-corrected chi connectivity index (χ4v) is 1.71. The van der Waals surface area contributed by atoms with E-state index < -0.39 is 5.97 Å². The van der Waals surface area contributed by atoms with Crippen LogP contribution in [0.2, 0.25) is 0 Å².